The van der Waals surface area contributed by atoms with E-state index < -0.39 is 0 Å². The summed E-state index contributed by atoms with van der Waals surface area (Å²) >= 11 is 0. The number of rotatable bonds is 3. The molecule has 1 heterocycles. The summed E-state index contributed by atoms with van der Waals surface area (Å²) in [6.07, 6.45) is 1.92. The van der Waals surface area contributed by atoms with Gasteiger partial charge in [-0.3, -0.25) is 4.98 Å². The summed E-state index contributed by atoms with van der Waals surface area (Å²) in [5.41, 5.74) is 17.8. The Labute approximate surface area is 274 Å². The van der Waals surface area contributed by atoms with Crippen LogP contribution < -0.4 is 0 Å². The average Bonchev–Trinajstić information content (AvgIpc) is 3.57. The number of nitrogens with zero attached hydrogens (tertiary/aromatic N) is 1. The zero-order chi connectivity index (χ0) is 31.3. The van der Waals surface area contributed by atoms with Crippen molar-refractivity contribution in [2.24, 2.45) is 0 Å². The van der Waals surface area contributed by atoms with Crippen molar-refractivity contribution < 1.29 is 0 Å². The van der Waals surface area contributed by atoms with Crippen LogP contribution in [0.15, 0.2) is 152 Å². The third kappa shape index (κ3) is 3.57. The summed E-state index contributed by atoms with van der Waals surface area (Å²) in [4.78, 5) is 4.86. The van der Waals surface area contributed by atoms with Gasteiger partial charge < -0.3 is 0 Å². The number of benzene rings is 7. The summed E-state index contributed by atoms with van der Waals surface area (Å²) in [7, 11) is 0. The highest BCUT2D eigenvalue weighted by Gasteiger charge is 2.37. The molecule has 0 radical (unpaired) electrons. The summed E-state index contributed by atoms with van der Waals surface area (Å²) in [5, 5.41) is 5.20. The van der Waals surface area contributed by atoms with E-state index in [1.165, 1.54) is 93.9 Å². The molecule has 47 heavy (non-hydrogen) atoms. The number of aromatic nitrogens is 1. The first-order chi connectivity index (χ1) is 23.1. The van der Waals surface area contributed by atoms with E-state index in [1.54, 1.807) is 0 Å². The summed E-state index contributed by atoms with van der Waals surface area (Å²) in [5.74, 6) is 0. The lowest BCUT2D eigenvalue weighted by atomic mass is 9.82. The van der Waals surface area contributed by atoms with E-state index in [0.717, 1.165) is 5.69 Å². The Hall–Kier alpha value is -5.79. The predicted molar refractivity (Wildman–Crippen MR) is 198 cm³/mol. The molecular weight excluding hydrogens is 567 g/mol. The van der Waals surface area contributed by atoms with Crippen LogP contribution >= 0.6 is 0 Å². The number of hydrogen-bond acceptors (Lipinski definition) is 1. The second-order valence-electron chi connectivity index (χ2n) is 13.5. The second kappa shape index (κ2) is 9.61. The highest BCUT2D eigenvalue weighted by molar-refractivity contribution is 6.28. The smallest absolute Gasteiger partial charge is 0.0746 e. The molecule has 7 aromatic carbocycles. The third-order valence-corrected chi connectivity index (χ3v) is 10.7. The van der Waals surface area contributed by atoms with Crippen molar-refractivity contribution in [2.45, 2.75) is 19.3 Å². The minimum absolute atomic E-state index is 0.0647. The molecule has 1 heteroatoms. The Morgan fingerprint density at radius 3 is 1.68 bits per heavy atom. The molecule has 2 aliphatic rings. The molecule has 0 N–H and O–H groups in total. The van der Waals surface area contributed by atoms with Crippen LogP contribution in [0.3, 0.4) is 0 Å². The minimum Gasteiger partial charge on any atom is -0.256 e. The molecule has 10 rings (SSSR count). The largest absolute Gasteiger partial charge is 0.256 e. The van der Waals surface area contributed by atoms with Crippen LogP contribution in [-0.2, 0) is 5.41 Å². The van der Waals surface area contributed by atoms with E-state index >= 15 is 0 Å². The fourth-order valence-corrected chi connectivity index (χ4v) is 8.58. The maximum absolute atomic E-state index is 4.86. The molecule has 0 aliphatic heterocycles. The SMILES string of the molecule is CC1(C)c2ccc(-c3ccc4c5c(cccc35)-c3c-4c(-c4ccccc4)c4ccccc4c3-c3ccccc3)cc2-c2ncccc21. The molecule has 0 saturated heterocycles. The van der Waals surface area contributed by atoms with Crippen molar-refractivity contribution in [3.63, 3.8) is 0 Å². The van der Waals surface area contributed by atoms with Crippen LogP contribution in [0.2, 0.25) is 0 Å². The summed E-state index contributed by atoms with van der Waals surface area (Å²) < 4.78 is 0. The molecule has 220 valence electrons. The Kier molecular flexibility index (Phi) is 5.40. The van der Waals surface area contributed by atoms with Gasteiger partial charge in [0, 0.05) is 17.2 Å². The van der Waals surface area contributed by atoms with Crippen LogP contribution in [0.25, 0.3) is 88.4 Å². The molecule has 0 spiro atoms. The number of hydrogen-bond donors (Lipinski definition) is 0. The van der Waals surface area contributed by atoms with E-state index in [-0.39, 0.29) is 5.41 Å². The molecule has 0 atom stereocenters. The zero-order valence-corrected chi connectivity index (χ0v) is 26.4. The van der Waals surface area contributed by atoms with Gasteiger partial charge in [0.15, 0.2) is 0 Å². The van der Waals surface area contributed by atoms with Crippen molar-refractivity contribution in [1.29, 1.82) is 0 Å². The van der Waals surface area contributed by atoms with Gasteiger partial charge in [0.05, 0.1) is 5.69 Å². The molecule has 0 unspecified atom stereocenters. The first-order valence-electron chi connectivity index (χ1n) is 16.5. The average molecular weight is 598 g/mol. The predicted octanol–water partition coefficient (Wildman–Crippen LogP) is 12.3. The fourth-order valence-electron chi connectivity index (χ4n) is 8.58. The topological polar surface area (TPSA) is 12.9 Å². The van der Waals surface area contributed by atoms with E-state index in [4.69, 9.17) is 4.98 Å². The molecule has 1 nitrogen and oxygen atoms in total. The third-order valence-electron chi connectivity index (χ3n) is 10.7. The first kappa shape index (κ1) is 26.4. The second-order valence-corrected chi connectivity index (χ2v) is 13.5. The fraction of sp³-hybridized carbons (Fsp3) is 0.0652. The van der Waals surface area contributed by atoms with Gasteiger partial charge in [0.25, 0.3) is 0 Å². The molecule has 0 saturated carbocycles. The van der Waals surface area contributed by atoms with Crippen molar-refractivity contribution in [3.8, 4) is 66.9 Å². The van der Waals surface area contributed by atoms with E-state index in [1.807, 2.05) is 6.20 Å². The van der Waals surface area contributed by atoms with Crippen molar-refractivity contribution in [1.82, 2.24) is 4.98 Å². The lowest BCUT2D eigenvalue weighted by Crippen LogP contribution is -2.14. The van der Waals surface area contributed by atoms with Gasteiger partial charge in [0.1, 0.15) is 0 Å². The monoisotopic (exact) mass is 597 g/mol. The van der Waals surface area contributed by atoms with Crippen molar-refractivity contribution in [2.75, 3.05) is 0 Å². The van der Waals surface area contributed by atoms with Crippen LogP contribution in [-0.4, -0.2) is 4.98 Å². The van der Waals surface area contributed by atoms with Crippen LogP contribution in [0.1, 0.15) is 25.0 Å². The van der Waals surface area contributed by atoms with E-state index in [0.29, 0.717) is 0 Å². The Morgan fingerprint density at radius 2 is 1.00 bits per heavy atom. The highest BCUT2D eigenvalue weighted by Crippen LogP contribution is 2.58. The first-order valence-corrected chi connectivity index (χ1v) is 16.5. The standard InChI is InChI=1S/C46H31N/c1-46(2)38-25-22-30(27-37(38)45-39(46)21-12-26-47-45)31-23-24-36-42-32(31)19-11-20-35(42)43-40(28-13-5-3-6-14-28)33-17-9-10-18-34(33)41(44(36)43)29-15-7-4-8-16-29/h3-27H,1-2H3. The van der Waals surface area contributed by atoms with Gasteiger partial charge in [-0.2, -0.15) is 0 Å². The lowest BCUT2D eigenvalue weighted by Gasteiger charge is -2.21. The van der Waals surface area contributed by atoms with Gasteiger partial charge in [0.2, 0.25) is 0 Å². The molecule has 0 fully saturated rings. The number of pyridine rings is 1. The van der Waals surface area contributed by atoms with Gasteiger partial charge in [-0.05, 0) is 100 Å². The molecular formula is C46H31N. The van der Waals surface area contributed by atoms with Crippen molar-refractivity contribution in [3.05, 3.63) is 163 Å². The zero-order valence-electron chi connectivity index (χ0n) is 26.4. The van der Waals surface area contributed by atoms with Gasteiger partial charge in [-0.15, -0.1) is 0 Å². The maximum Gasteiger partial charge on any atom is 0.0746 e. The normalized spacial score (nSPS) is 13.5. The molecule has 1 aromatic heterocycles. The molecule has 8 aromatic rings. The molecule has 2 aliphatic carbocycles. The van der Waals surface area contributed by atoms with Crippen LogP contribution in [0.4, 0.5) is 0 Å². The van der Waals surface area contributed by atoms with E-state index in [2.05, 4.69) is 159 Å². The summed E-state index contributed by atoms with van der Waals surface area (Å²) in [6, 6.07) is 53.8. The van der Waals surface area contributed by atoms with Crippen molar-refractivity contribution >= 4 is 21.5 Å². The van der Waals surface area contributed by atoms with Gasteiger partial charge >= 0.3 is 0 Å². The summed E-state index contributed by atoms with van der Waals surface area (Å²) in [6.45, 7) is 4.63. The van der Waals surface area contributed by atoms with E-state index in [9.17, 15) is 0 Å². The quantitative estimate of drug-likeness (QED) is 0.197. The maximum atomic E-state index is 4.86. The van der Waals surface area contributed by atoms with Crippen LogP contribution in [0.5, 0.6) is 0 Å². The Morgan fingerprint density at radius 1 is 0.404 bits per heavy atom. The highest BCUT2D eigenvalue weighted by atomic mass is 14.7. The lowest BCUT2D eigenvalue weighted by molar-refractivity contribution is 0.659. The number of fused-ring (bicyclic) bond motifs is 7. The van der Waals surface area contributed by atoms with Crippen LogP contribution in [0, 0.1) is 0 Å². The van der Waals surface area contributed by atoms with Gasteiger partial charge in [-0.1, -0.05) is 147 Å². The molecule has 0 amide bonds. The Balaban J connectivity index is 1.30. The molecule has 0 bridgehead atoms. The Bertz CT molecular complexity index is 2480. The minimum atomic E-state index is -0.0647. The van der Waals surface area contributed by atoms with Gasteiger partial charge in [-0.25, -0.2) is 0 Å².